The van der Waals surface area contributed by atoms with Gasteiger partial charge in [0.2, 0.25) is 5.91 Å². The Morgan fingerprint density at radius 1 is 1.31 bits per heavy atom. The molecule has 1 unspecified atom stereocenters. The summed E-state index contributed by atoms with van der Waals surface area (Å²) in [4.78, 5) is 13.7. The first kappa shape index (κ1) is 13.5. The summed E-state index contributed by atoms with van der Waals surface area (Å²) < 4.78 is 4.90. The Morgan fingerprint density at radius 3 is 2.56 bits per heavy atom. The molecule has 94 valence electrons. The Bertz CT molecular complexity index is 233. The molecule has 1 saturated heterocycles. The quantitative estimate of drug-likeness (QED) is 0.724. The molecule has 0 aromatic carbocycles. The molecule has 3 heteroatoms. The number of ether oxygens (including phenoxy) is 1. The van der Waals surface area contributed by atoms with Crippen LogP contribution in [0, 0.1) is 11.3 Å². The largest absolute Gasteiger partial charge is 0.375 e. The smallest absolute Gasteiger partial charge is 0.248 e. The van der Waals surface area contributed by atoms with Gasteiger partial charge in [-0.25, -0.2) is 0 Å². The lowest BCUT2D eigenvalue weighted by molar-refractivity contribution is -0.135. The summed E-state index contributed by atoms with van der Waals surface area (Å²) in [7, 11) is 1.58. The summed E-state index contributed by atoms with van der Waals surface area (Å²) in [5.74, 6) is 0.866. The van der Waals surface area contributed by atoms with Gasteiger partial charge >= 0.3 is 0 Å². The zero-order valence-corrected chi connectivity index (χ0v) is 11.1. The van der Waals surface area contributed by atoms with Crippen LogP contribution >= 0.6 is 0 Å². The fraction of sp³-hybridized carbons (Fsp3) is 0.923. The summed E-state index contributed by atoms with van der Waals surface area (Å²) in [6.07, 6.45) is 3.48. The van der Waals surface area contributed by atoms with Crippen LogP contribution in [-0.4, -0.2) is 37.6 Å². The van der Waals surface area contributed by atoms with Crippen LogP contribution in [-0.2, 0) is 9.53 Å². The van der Waals surface area contributed by atoms with E-state index < -0.39 is 0 Å². The molecule has 0 bridgehead atoms. The van der Waals surface area contributed by atoms with Crippen molar-refractivity contribution < 1.29 is 9.53 Å². The Kier molecular flexibility index (Phi) is 4.78. The van der Waals surface area contributed by atoms with E-state index in [-0.39, 0.29) is 12.5 Å². The lowest BCUT2D eigenvalue weighted by atomic mass is 9.77. The lowest BCUT2D eigenvalue weighted by Crippen LogP contribution is -2.35. The van der Waals surface area contributed by atoms with E-state index in [4.69, 9.17) is 4.74 Å². The molecule has 1 atom stereocenters. The maximum absolute atomic E-state index is 11.7. The first-order chi connectivity index (χ1) is 7.45. The van der Waals surface area contributed by atoms with Crippen LogP contribution in [0.4, 0.5) is 0 Å². The van der Waals surface area contributed by atoms with Crippen LogP contribution in [0.1, 0.15) is 40.0 Å². The number of hydrogen-bond acceptors (Lipinski definition) is 2. The highest BCUT2D eigenvalue weighted by Crippen LogP contribution is 2.34. The highest BCUT2D eigenvalue weighted by Gasteiger charge is 2.28. The van der Waals surface area contributed by atoms with Crippen LogP contribution in [0.5, 0.6) is 0 Å². The standard InChI is InChI=1S/C13H25NO2/c1-13(2,3)11-6-5-8-14(9-7-11)12(15)10-16-4/h11H,5-10H2,1-4H3. The molecule has 1 aliphatic rings. The van der Waals surface area contributed by atoms with Gasteiger partial charge in [0.1, 0.15) is 6.61 Å². The lowest BCUT2D eigenvalue weighted by Gasteiger charge is -2.29. The third-order valence-electron chi connectivity index (χ3n) is 3.57. The number of carbonyl (C=O) groups excluding carboxylic acids is 1. The SMILES string of the molecule is COCC(=O)N1CCCC(C(C)(C)C)CC1. The second-order valence-corrected chi connectivity index (χ2v) is 5.81. The van der Waals surface area contributed by atoms with Crippen molar-refractivity contribution in [2.75, 3.05) is 26.8 Å². The van der Waals surface area contributed by atoms with Gasteiger partial charge in [-0.05, 0) is 30.6 Å². The normalized spacial score (nSPS) is 23.0. The molecule has 0 radical (unpaired) electrons. The number of methoxy groups -OCH3 is 1. The first-order valence-electron chi connectivity index (χ1n) is 6.22. The topological polar surface area (TPSA) is 29.5 Å². The molecule has 1 amide bonds. The summed E-state index contributed by atoms with van der Waals surface area (Å²) in [5, 5.41) is 0. The van der Waals surface area contributed by atoms with Crippen molar-refractivity contribution in [1.29, 1.82) is 0 Å². The monoisotopic (exact) mass is 227 g/mol. The van der Waals surface area contributed by atoms with Crippen LogP contribution < -0.4 is 0 Å². The van der Waals surface area contributed by atoms with Gasteiger partial charge in [0, 0.05) is 20.2 Å². The van der Waals surface area contributed by atoms with E-state index in [2.05, 4.69) is 20.8 Å². The fourth-order valence-corrected chi connectivity index (χ4v) is 2.43. The summed E-state index contributed by atoms with van der Waals surface area (Å²) in [6, 6.07) is 0. The highest BCUT2D eigenvalue weighted by atomic mass is 16.5. The van der Waals surface area contributed by atoms with E-state index in [1.807, 2.05) is 4.90 Å². The van der Waals surface area contributed by atoms with Crippen molar-refractivity contribution in [2.45, 2.75) is 40.0 Å². The Hall–Kier alpha value is -0.570. The van der Waals surface area contributed by atoms with Gasteiger partial charge in [-0.3, -0.25) is 4.79 Å². The van der Waals surface area contributed by atoms with Crippen molar-refractivity contribution in [3.8, 4) is 0 Å². The van der Waals surface area contributed by atoms with Gasteiger partial charge < -0.3 is 9.64 Å². The molecule has 0 aliphatic carbocycles. The van der Waals surface area contributed by atoms with Crippen molar-refractivity contribution >= 4 is 5.91 Å². The molecule has 0 spiro atoms. The average Bonchev–Trinajstić information content (AvgIpc) is 2.41. The number of hydrogen-bond donors (Lipinski definition) is 0. The van der Waals surface area contributed by atoms with E-state index in [1.54, 1.807) is 7.11 Å². The maximum Gasteiger partial charge on any atom is 0.248 e. The third kappa shape index (κ3) is 3.78. The Labute approximate surface area is 99.1 Å². The molecule has 16 heavy (non-hydrogen) atoms. The number of rotatable bonds is 2. The van der Waals surface area contributed by atoms with Gasteiger partial charge in [-0.2, -0.15) is 0 Å². The second-order valence-electron chi connectivity index (χ2n) is 5.81. The summed E-state index contributed by atoms with van der Waals surface area (Å²) >= 11 is 0. The fourth-order valence-electron chi connectivity index (χ4n) is 2.43. The zero-order chi connectivity index (χ0) is 12.2. The molecule has 1 heterocycles. The molecule has 1 fully saturated rings. The van der Waals surface area contributed by atoms with Crippen molar-refractivity contribution in [2.24, 2.45) is 11.3 Å². The van der Waals surface area contributed by atoms with Gasteiger partial charge in [-0.15, -0.1) is 0 Å². The highest BCUT2D eigenvalue weighted by molar-refractivity contribution is 5.77. The minimum Gasteiger partial charge on any atom is -0.375 e. The summed E-state index contributed by atoms with van der Waals surface area (Å²) in [5.41, 5.74) is 0.361. The molecule has 0 saturated carbocycles. The Morgan fingerprint density at radius 2 is 2.00 bits per heavy atom. The molecule has 3 nitrogen and oxygen atoms in total. The van der Waals surface area contributed by atoms with Gasteiger partial charge in [0.05, 0.1) is 0 Å². The van der Waals surface area contributed by atoms with E-state index in [9.17, 15) is 4.79 Å². The van der Waals surface area contributed by atoms with E-state index in [0.717, 1.165) is 31.8 Å². The molecule has 0 aromatic heterocycles. The van der Waals surface area contributed by atoms with E-state index in [0.29, 0.717) is 5.41 Å². The average molecular weight is 227 g/mol. The van der Waals surface area contributed by atoms with Crippen molar-refractivity contribution in [3.05, 3.63) is 0 Å². The predicted molar refractivity (Wildman–Crippen MR) is 65.3 cm³/mol. The molecule has 1 aliphatic heterocycles. The molecule has 1 rings (SSSR count). The number of nitrogens with zero attached hydrogens (tertiary/aromatic N) is 1. The van der Waals surface area contributed by atoms with E-state index >= 15 is 0 Å². The predicted octanol–water partition coefficient (Wildman–Crippen LogP) is 2.31. The Balaban J connectivity index is 2.49. The van der Waals surface area contributed by atoms with E-state index in [1.165, 1.54) is 6.42 Å². The van der Waals surface area contributed by atoms with Crippen LogP contribution in [0.15, 0.2) is 0 Å². The van der Waals surface area contributed by atoms with Crippen LogP contribution in [0.25, 0.3) is 0 Å². The third-order valence-corrected chi connectivity index (χ3v) is 3.57. The number of amides is 1. The number of carbonyl (C=O) groups is 1. The molecular formula is C13H25NO2. The zero-order valence-electron chi connectivity index (χ0n) is 11.1. The van der Waals surface area contributed by atoms with Gasteiger partial charge in [0.25, 0.3) is 0 Å². The molecule has 0 N–H and O–H groups in total. The number of likely N-dealkylation sites (tertiary alicyclic amines) is 1. The summed E-state index contributed by atoms with van der Waals surface area (Å²) in [6.45, 7) is 8.90. The maximum atomic E-state index is 11.7. The van der Waals surface area contributed by atoms with Crippen molar-refractivity contribution in [3.63, 3.8) is 0 Å². The van der Waals surface area contributed by atoms with Crippen LogP contribution in [0.3, 0.4) is 0 Å². The second kappa shape index (κ2) is 5.67. The van der Waals surface area contributed by atoms with Gasteiger partial charge in [0.15, 0.2) is 0 Å². The molecule has 0 aromatic rings. The minimum atomic E-state index is 0.136. The minimum absolute atomic E-state index is 0.136. The van der Waals surface area contributed by atoms with Gasteiger partial charge in [-0.1, -0.05) is 20.8 Å². The van der Waals surface area contributed by atoms with Crippen LogP contribution in [0.2, 0.25) is 0 Å². The molecular weight excluding hydrogens is 202 g/mol. The first-order valence-corrected chi connectivity index (χ1v) is 6.22. The van der Waals surface area contributed by atoms with Crippen molar-refractivity contribution in [1.82, 2.24) is 4.90 Å².